The normalized spacial score (nSPS) is 32.8. The third kappa shape index (κ3) is 3.69. The van der Waals surface area contributed by atoms with E-state index in [4.69, 9.17) is 0 Å². The van der Waals surface area contributed by atoms with Gasteiger partial charge in [0.25, 0.3) is 0 Å². The number of rotatable bonds is 6. The number of nitrogens with zero attached hydrogens (tertiary/aromatic N) is 1. The fourth-order valence-electron chi connectivity index (χ4n) is 3.49. The number of likely N-dealkylation sites (N-methyl/N-ethyl adjacent to an activating group) is 1. The van der Waals surface area contributed by atoms with Crippen molar-refractivity contribution in [1.82, 2.24) is 15.5 Å². The van der Waals surface area contributed by atoms with Gasteiger partial charge in [0.05, 0.1) is 0 Å². The molecule has 0 aromatic carbocycles. The Labute approximate surface area is 113 Å². The number of nitrogens with one attached hydrogen (secondary N) is 2. The van der Waals surface area contributed by atoms with Gasteiger partial charge in [0.1, 0.15) is 0 Å². The summed E-state index contributed by atoms with van der Waals surface area (Å²) in [6, 6.07) is 2.22. The summed E-state index contributed by atoms with van der Waals surface area (Å²) in [5.41, 5.74) is 0. The van der Waals surface area contributed by atoms with E-state index in [0.29, 0.717) is 6.04 Å². The van der Waals surface area contributed by atoms with Crippen LogP contribution in [0.2, 0.25) is 0 Å². The molecule has 1 heterocycles. The van der Waals surface area contributed by atoms with Crippen LogP contribution >= 0.6 is 0 Å². The summed E-state index contributed by atoms with van der Waals surface area (Å²) in [7, 11) is 2.22. The quantitative estimate of drug-likeness (QED) is 0.756. The molecule has 3 unspecified atom stereocenters. The molecule has 0 bridgehead atoms. The van der Waals surface area contributed by atoms with Crippen LogP contribution in [0, 0.1) is 5.92 Å². The van der Waals surface area contributed by atoms with Crippen LogP contribution in [0.5, 0.6) is 0 Å². The van der Waals surface area contributed by atoms with E-state index in [2.05, 4.69) is 36.4 Å². The Hall–Kier alpha value is -0.120. The first-order chi connectivity index (χ1) is 8.68. The summed E-state index contributed by atoms with van der Waals surface area (Å²) in [5.74, 6) is 0.886. The van der Waals surface area contributed by atoms with Gasteiger partial charge in [-0.15, -0.1) is 0 Å². The van der Waals surface area contributed by atoms with Crippen LogP contribution in [0.4, 0.5) is 0 Å². The molecule has 1 saturated carbocycles. The summed E-state index contributed by atoms with van der Waals surface area (Å²) in [5, 5.41) is 7.51. The van der Waals surface area contributed by atoms with Gasteiger partial charge in [0.2, 0.25) is 0 Å². The standard InChI is InChI=1S/C15H31N3/c1-12(2)18(3)11-10-17-14-7-4-6-13(14)15-8-5-9-16-15/h12-17H,4-11H2,1-3H3. The van der Waals surface area contributed by atoms with E-state index in [1.54, 1.807) is 0 Å². The Balaban J connectivity index is 1.71. The van der Waals surface area contributed by atoms with E-state index in [1.807, 2.05) is 0 Å². The Kier molecular flexibility index (Phi) is 5.46. The van der Waals surface area contributed by atoms with Crippen LogP contribution in [0.1, 0.15) is 46.0 Å². The van der Waals surface area contributed by atoms with Gasteiger partial charge in [-0.2, -0.15) is 0 Å². The lowest BCUT2D eigenvalue weighted by Crippen LogP contribution is -2.44. The molecular weight excluding hydrogens is 222 g/mol. The van der Waals surface area contributed by atoms with Crippen molar-refractivity contribution in [1.29, 1.82) is 0 Å². The molecule has 3 atom stereocenters. The molecule has 106 valence electrons. The van der Waals surface area contributed by atoms with Crippen LogP contribution < -0.4 is 10.6 Å². The maximum atomic E-state index is 3.81. The van der Waals surface area contributed by atoms with Crippen molar-refractivity contribution in [3.63, 3.8) is 0 Å². The van der Waals surface area contributed by atoms with E-state index in [-0.39, 0.29) is 0 Å². The van der Waals surface area contributed by atoms with Crippen LogP contribution in [-0.4, -0.2) is 49.7 Å². The van der Waals surface area contributed by atoms with Gasteiger partial charge in [-0.1, -0.05) is 6.42 Å². The molecule has 2 aliphatic rings. The third-order valence-corrected chi connectivity index (χ3v) is 4.94. The average Bonchev–Trinajstić information content (AvgIpc) is 2.98. The van der Waals surface area contributed by atoms with Crippen molar-refractivity contribution in [3.8, 4) is 0 Å². The molecule has 2 fully saturated rings. The highest BCUT2D eigenvalue weighted by molar-refractivity contribution is 4.93. The molecule has 0 aromatic rings. The first-order valence-electron chi connectivity index (χ1n) is 7.85. The van der Waals surface area contributed by atoms with Gasteiger partial charge in [-0.3, -0.25) is 0 Å². The number of hydrogen-bond acceptors (Lipinski definition) is 3. The second kappa shape index (κ2) is 6.88. The summed E-state index contributed by atoms with van der Waals surface area (Å²) < 4.78 is 0. The molecule has 18 heavy (non-hydrogen) atoms. The van der Waals surface area contributed by atoms with Crippen molar-refractivity contribution in [3.05, 3.63) is 0 Å². The SMILES string of the molecule is CC(C)N(C)CCNC1CCCC1C1CCCN1. The second-order valence-electron chi connectivity index (χ2n) is 6.43. The molecule has 1 aliphatic heterocycles. The van der Waals surface area contributed by atoms with Gasteiger partial charge in [0.15, 0.2) is 0 Å². The van der Waals surface area contributed by atoms with Crippen LogP contribution in [-0.2, 0) is 0 Å². The van der Waals surface area contributed by atoms with Gasteiger partial charge in [-0.05, 0) is 59.0 Å². The van der Waals surface area contributed by atoms with Crippen molar-refractivity contribution >= 4 is 0 Å². The average molecular weight is 253 g/mol. The lowest BCUT2D eigenvalue weighted by Gasteiger charge is -2.28. The Morgan fingerprint density at radius 2 is 2.06 bits per heavy atom. The summed E-state index contributed by atoms with van der Waals surface area (Å²) in [4.78, 5) is 2.42. The van der Waals surface area contributed by atoms with E-state index in [0.717, 1.165) is 24.5 Å². The summed E-state index contributed by atoms with van der Waals surface area (Å²) >= 11 is 0. The highest BCUT2D eigenvalue weighted by atomic mass is 15.1. The molecule has 3 heteroatoms. The minimum Gasteiger partial charge on any atom is -0.314 e. The Morgan fingerprint density at radius 1 is 1.22 bits per heavy atom. The van der Waals surface area contributed by atoms with Gasteiger partial charge in [-0.25, -0.2) is 0 Å². The van der Waals surface area contributed by atoms with E-state index in [9.17, 15) is 0 Å². The minimum absolute atomic E-state index is 0.655. The first kappa shape index (κ1) is 14.3. The van der Waals surface area contributed by atoms with Crippen molar-refractivity contribution in [2.45, 2.75) is 64.1 Å². The zero-order valence-corrected chi connectivity index (χ0v) is 12.4. The van der Waals surface area contributed by atoms with Crippen molar-refractivity contribution in [2.24, 2.45) is 5.92 Å². The molecule has 0 amide bonds. The molecule has 1 aliphatic carbocycles. The molecule has 3 nitrogen and oxygen atoms in total. The van der Waals surface area contributed by atoms with E-state index < -0.39 is 0 Å². The molecule has 0 radical (unpaired) electrons. The second-order valence-corrected chi connectivity index (χ2v) is 6.43. The van der Waals surface area contributed by atoms with E-state index in [1.165, 1.54) is 45.2 Å². The highest BCUT2D eigenvalue weighted by Crippen LogP contribution is 2.31. The largest absolute Gasteiger partial charge is 0.314 e. The predicted molar refractivity (Wildman–Crippen MR) is 77.9 cm³/mol. The van der Waals surface area contributed by atoms with E-state index >= 15 is 0 Å². The Bertz CT molecular complexity index is 236. The highest BCUT2D eigenvalue weighted by Gasteiger charge is 2.34. The van der Waals surface area contributed by atoms with Gasteiger partial charge < -0.3 is 15.5 Å². The van der Waals surface area contributed by atoms with Crippen LogP contribution in [0.15, 0.2) is 0 Å². The predicted octanol–water partition coefficient (Wildman–Crippen LogP) is 1.84. The molecule has 0 aromatic heterocycles. The van der Waals surface area contributed by atoms with Gasteiger partial charge >= 0.3 is 0 Å². The number of hydrogen-bond donors (Lipinski definition) is 2. The monoisotopic (exact) mass is 253 g/mol. The summed E-state index contributed by atoms with van der Waals surface area (Å²) in [6.45, 7) is 8.08. The van der Waals surface area contributed by atoms with Gasteiger partial charge in [0, 0.05) is 31.2 Å². The first-order valence-corrected chi connectivity index (χ1v) is 7.85. The maximum Gasteiger partial charge on any atom is 0.0111 e. The zero-order chi connectivity index (χ0) is 13.0. The Morgan fingerprint density at radius 3 is 2.72 bits per heavy atom. The topological polar surface area (TPSA) is 27.3 Å². The molecule has 1 saturated heterocycles. The van der Waals surface area contributed by atoms with Crippen molar-refractivity contribution < 1.29 is 0 Å². The third-order valence-electron chi connectivity index (χ3n) is 4.94. The molecular formula is C15H31N3. The minimum atomic E-state index is 0.655. The fourth-order valence-corrected chi connectivity index (χ4v) is 3.49. The smallest absolute Gasteiger partial charge is 0.0111 e. The fraction of sp³-hybridized carbons (Fsp3) is 1.00. The zero-order valence-electron chi connectivity index (χ0n) is 12.4. The lowest BCUT2D eigenvalue weighted by atomic mass is 9.93. The molecule has 0 spiro atoms. The summed E-state index contributed by atoms with van der Waals surface area (Å²) in [6.07, 6.45) is 7.00. The van der Waals surface area contributed by atoms with Crippen molar-refractivity contribution in [2.75, 3.05) is 26.7 Å². The maximum absolute atomic E-state index is 3.81. The molecule has 2 rings (SSSR count). The van der Waals surface area contributed by atoms with Crippen LogP contribution in [0.25, 0.3) is 0 Å². The molecule has 2 N–H and O–H groups in total. The lowest BCUT2D eigenvalue weighted by molar-refractivity contribution is 0.255. The van der Waals surface area contributed by atoms with Crippen LogP contribution in [0.3, 0.4) is 0 Å².